The van der Waals surface area contributed by atoms with Gasteiger partial charge in [-0.05, 0) is 62.3 Å². The van der Waals surface area contributed by atoms with Crippen molar-refractivity contribution < 1.29 is 9.53 Å². The van der Waals surface area contributed by atoms with Gasteiger partial charge in [-0.25, -0.2) is 15.0 Å². The van der Waals surface area contributed by atoms with E-state index in [1.807, 2.05) is 43.1 Å². The standard InChI is InChI=1S/C24H25N5O2/c1-15-4-7-21(27-12-15)31-20-11-17-5-6-19(20)29(14-17)24(30)18-10-16(2)13-28-22(18)23-25-8-3-9-26-23/h3-4,7-10,12-13,17,19-20H,5-6,11,14H2,1-2H3. The van der Waals surface area contributed by atoms with Gasteiger partial charge in [-0.1, -0.05) is 6.07 Å². The second kappa shape index (κ2) is 8.06. The molecule has 3 aromatic rings. The molecule has 158 valence electrons. The van der Waals surface area contributed by atoms with Crippen molar-refractivity contribution in [2.75, 3.05) is 6.54 Å². The van der Waals surface area contributed by atoms with Crippen molar-refractivity contribution >= 4 is 5.91 Å². The number of pyridine rings is 2. The quantitative estimate of drug-likeness (QED) is 0.647. The van der Waals surface area contributed by atoms with Gasteiger partial charge < -0.3 is 9.64 Å². The summed E-state index contributed by atoms with van der Waals surface area (Å²) in [7, 11) is 0. The third kappa shape index (κ3) is 3.87. The molecule has 1 amide bonds. The summed E-state index contributed by atoms with van der Waals surface area (Å²) in [6, 6.07) is 7.56. The van der Waals surface area contributed by atoms with Crippen LogP contribution in [0.5, 0.6) is 5.88 Å². The van der Waals surface area contributed by atoms with Gasteiger partial charge in [0.1, 0.15) is 11.8 Å². The molecule has 3 aliphatic rings. The van der Waals surface area contributed by atoms with E-state index in [4.69, 9.17) is 4.74 Å². The smallest absolute Gasteiger partial charge is 0.256 e. The van der Waals surface area contributed by atoms with E-state index in [2.05, 4.69) is 19.9 Å². The highest BCUT2D eigenvalue weighted by molar-refractivity contribution is 5.99. The molecule has 2 saturated heterocycles. The van der Waals surface area contributed by atoms with Gasteiger partial charge in [0.25, 0.3) is 5.91 Å². The summed E-state index contributed by atoms with van der Waals surface area (Å²) in [4.78, 5) is 33.2. The van der Waals surface area contributed by atoms with Crippen LogP contribution in [0.15, 0.2) is 49.1 Å². The molecule has 3 unspecified atom stereocenters. The fourth-order valence-corrected chi connectivity index (χ4v) is 4.66. The Labute approximate surface area is 181 Å². The molecule has 6 rings (SSSR count). The molecule has 0 aromatic carbocycles. The summed E-state index contributed by atoms with van der Waals surface area (Å²) in [5.74, 6) is 1.48. The number of aryl methyl sites for hydroxylation is 2. The number of piperidine rings is 2. The average Bonchev–Trinajstić information content (AvgIpc) is 2.81. The second-order valence-corrected chi connectivity index (χ2v) is 8.52. The van der Waals surface area contributed by atoms with Gasteiger partial charge in [-0.3, -0.25) is 9.78 Å². The van der Waals surface area contributed by atoms with Crippen molar-refractivity contribution in [3.63, 3.8) is 0 Å². The second-order valence-electron chi connectivity index (χ2n) is 8.52. The minimum absolute atomic E-state index is 0.0191. The van der Waals surface area contributed by atoms with Crippen molar-refractivity contribution in [1.82, 2.24) is 24.8 Å². The number of fused-ring (bicyclic) bond motifs is 3. The SMILES string of the molecule is Cc1ccc(OC2CC3CCC2N(C(=O)c2cc(C)cnc2-c2ncccn2)C3)nc1. The Morgan fingerprint density at radius 2 is 1.84 bits per heavy atom. The Morgan fingerprint density at radius 3 is 2.58 bits per heavy atom. The number of carbonyl (C=O) groups is 1. The number of hydrogen-bond acceptors (Lipinski definition) is 6. The highest BCUT2D eigenvalue weighted by Crippen LogP contribution is 2.38. The molecular weight excluding hydrogens is 390 g/mol. The summed E-state index contributed by atoms with van der Waals surface area (Å²) in [6.45, 7) is 4.69. The van der Waals surface area contributed by atoms with Gasteiger partial charge in [-0.2, -0.15) is 0 Å². The average molecular weight is 415 g/mol. The highest BCUT2D eigenvalue weighted by Gasteiger charge is 2.45. The van der Waals surface area contributed by atoms with E-state index in [0.29, 0.717) is 28.9 Å². The Morgan fingerprint density at radius 1 is 1.03 bits per heavy atom. The normalized spacial score (nSPS) is 22.4. The van der Waals surface area contributed by atoms with Crippen molar-refractivity contribution in [3.8, 4) is 17.4 Å². The van der Waals surface area contributed by atoms with Gasteiger partial charge in [0, 0.05) is 37.4 Å². The van der Waals surface area contributed by atoms with E-state index in [-0.39, 0.29) is 18.1 Å². The van der Waals surface area contributed by atoms with Crippen LogP contribution in [0.2, 0.25) is 0 Å². The molecule has 7 heteroatoms. The lowest BCUT2D eigenvalue weighted by atomic mass is 9.77. The minimum Gasteiger partial charge on any atom is -0.472 e. The first kappa shape index (κ1) is 19.6. The molecule has 0 N–H and O–H groups in total. The maximum atomic E-state index is 13.7. The summed E-state index contributed by atoms with van der Waals surface area (Å²) in [5.41, 5.74) is 3.10. The van der Waals surface area contributed by atoms with Crippen LogP contribution in [0.25, 0.3) is 11.5 Å². The van der Waals surface area contributed by atoms with Gasteiger partial charge in [0.2, 0.25) is 5.88 Å². The molecule has 2 aliphatic heterocycles. The van der Waals surface area contributed by atoms with Gasteiger partial charge in [0.05, 0.1) is 11.6 Å². The highest BCUT2D eigenvalue weighted by atomic mass is 16.5. The molecule has 2 bridgehead atoms. The Bertz CT molecular complexity index is 1090. The number of hydrogen-bond donors (Lipinski definition) is 0. The number of rotatable bonds is 4. The predicted molar refractivity (Wildman–Crippen MR) is 116 cm³/mol. The molecule has 3 fully saturated rings. The number of amides is 1. The van der Waals surface area contributed by atoms with Crippen molar-refractivity contribution in [1.29, 1.82) is 0 Å². The van der Waals surface area contributed by atoms with Crippen molar-refractivity contribution in [2.24, 2.45) is 5.92 Å². The third-order valence-corrected chi connectivity index (χ3v) is 6.17. The minimum atomic E-state index is -0.0548. The first-order chi connectivity index (χ1) is 15.1. The molecule has 31 heavy (non-hydrogen) atoms. The summed E-state index contributed by atoms with van der Waals surface area (Å²) in [6.07, 6.45) is 9.84. The lowest BCUT2D eigenvalue weighted by Crippen LogP contribution is -2.59. The van der Waals surface area contributed by atoms with E-state index in [1.165, 1.54) is 0 Å². The van der Waals surface area contributed by atoms with E-state index in [0.717, 1.165) is 36.9 Å². The van der Waals surface area contributed by atoms with Crippen LogP contribution in [0, 0.1) is 19.8 Å². The van der Waals surface area contributed by atoms with Crippen molar-refractivity contribution in [3.05, 3.63) is 65.7 Å². The molecule has 1 saturated carbocycles. The molecule has 0 radical (unpaired) electrons. The zero-order chi connectivity index (χ0) is 21.4. The first-order valence-corrected chi connectivity index (χ1v) is 10.7. The predicted octanol–water partition coefficient (Wildman–Crippen LogP) is 3.62. The lowest BCUT2D eigenvalue weighted by Gasteiger charge is -2.49. The van der Waals surface area contributed by atoms with Crippen molar-refractivity contribution in [2.45, 2.75) is 45.3 Å². The van der Waals surface area contributed by atoms with E-state index < -0.39 is 0 Å². The zero-order valence-corrected chi connectivity index (χ0v) is 17.7. The topological polar surface area (TPSA) is 81.1 Å². The van der Waals surface area contributed by atoms with E-state index in [9.17, 15) is 4.79 Å². The Kier molecular flexibility index (Phi) is 5.10. The molecule has 5 heterocycles. The monoisotopic (exact) mass is 415 g/mol. The van der Waals surface area contributed by atoms with Crippen LogP contribution < -0.4 is 4.74 Å². The fraction of sp³-hybridized carbons (Fsp3) is 0.375. The number of nitrogens with zero attached hydrogens (tertiary/aromatic N) is 5. The van der Waals surface area contributed by atoms with Crippen LogP contribution in [-0.2, 0) is 0 Å². The lowest BCUT2D eigenvalue weighted by molar-refractivity contribution is -0.0313. The maximum Gasteiger partial charge on any atom is 0.256 e. The summed E-state index contributed by atoms with van der Waals surface area (Å²) < 4.78 is 6.25. The van der Waals surface area contributed by atoms with Crippen LogP contribution >= 0.6 is 0 Å². The van der Waals surface area contributed by atoms with Gasteiger partial charge in [-0.15, -0.1) is 0 Å². The maximum absolute atomic E-state index is 13.7. The number of carbonyl (C=O) groups excluding carboxylic acids is 1. The largest absolute Gasteiger partial charge is 0.472 e. The Balaban J connectivity index is 1.44. The molecular formula is C24H25N5O2. The van der Waals surface area contributed by atoms with E-state index in [1.54, 1.807) is 24.7 Å². The molecule has 1 aliphatic carbocycles. The van der Waals surface area contributed by atoms with Crippen LogP contribution in [0.3, 0.4) is 0 Å². The third-order valence-electron chi connectivity index (χ3n) is 6.17. The van der Waals surface area contributed by atoms with E-state index >= 15 is 0 Å². The summed E-state index contributed by atoms with van der Waals surface area (Å²) in [5, 5.41) is 0. The van der Waals surface area contributed by atoms with Gasteiger partial charge in [0.15, 0.2) is 5.82 Å². The fourth-order valence-electron chi connectivity index (χ4n) is 4.66. The van der Waals surface area contributed by atoms with Gasteiger partial charge >= 0.3 is 0 Å². The van der Waals surface area contributed by atoms with Crippen LogP contribution in [-0.4, -0.2) is 49.4 Å². The number of ether oxygens (including phenoxy) is 1. The Hall–Kier alpha value is -3.35. The van der Waals surface area contributed by atoms with Crippen LogP contribution in [0.1, 0.15) is 40.7 Å². The zero-order valence-electron chi connectivity index (χ0n) is 17.7. The molecule has 3 atom stereocenters. The molecule has 3 aromatic heterocycles. The molecule has 0 spiro atoms. The first-order valence-electron chi connectivity index (χ1n) is 10.7. The summed E-state index contributed by atoms with van der Waals surface area (Å²) >= 11 is 0. The van der Waals surface area contributed by atoms with Crippen LogP contribution in [0.4, 0.5) is 0 Å². The number of aromatic nitrogens is 4. The molecule has 7 nitrogen and oxygen atoms in total.